The maximum absolute atomic E-state index is 13.2. The highest BCUT2D eigenvalue weighted by atomic mass is 35.5. The Hall–Kier alpha value is -2.28. The van der Waals surface area contributed by atoms with Crippen LogP contribution in [0.2, 0.25) is 5.02 Å². The van der Waals surface area contributed by atoms with Gasteiger partial charge in [0.1, 0.15) is 23.2 Å². The Morgan fingerprint density at radius 3 is 2.59 bits per heavy atom. The average Bonchev–Trinajstić information content (AvgIpc) is 3.15. The molecular formula is C25H24ClNO4S. The van der Waals surface area contributed by atoms with Crippen LogP contribution in [-0.2, 0) is 20.7 Å². The summed E-state index contributed by atoms with van der Waals surface area (Å²) in [5.74, 6) is -0.0975. The molecule has 1 aliphatic carbocycles. The fraction of sp³-hybridized carbons (Fsp3) is 0.400. The molecule has 0 atom stereocenters. The topological polar surface area (TPSA) is 65.5 Å². The van der Waals surface area contributed by atoms with Gasteiger partial charge in [0, 0.05) is 31.1 Å². The molecule has 2 heterocycles. The quantitative estimate of drug-likeness (QED) is 0.431. The van der Waals surface area contributed by atoms with E-state index in [-0.39, 0.29) is 17.0 Å². The third-order valence-electron chi connectivity index (χ3n) is 6.64. The van der Waals surface area contributed by atoms with Crippen molar-refractivity contribution in [1.29, 1.82) is 0 Å². The molecule has 0 unspecified atom stereocenters. The van der Waals surface area contributed by atoms with E-state index in [0.29, 0.717) is 42.0 Å². The van der Waals surface area contributed by atoms with Crippen molar-refractivity contribution in [3.8, 4) is 10.9 Å². The molecular weight excluding hydrogens is 446 g/mol. The summed E-state index contributed by atoms with van der Waals surface area (Å²) < 4.78 is 12.5. The highest BCUT2D eigenvalue weighted by Gasteiger charge is 2.46. The number of thiazole rings is 1. The van der Waals surface area contributed by atoms with Gasteiger partial charge in [0.2, 0.25) is 0 Å². The number of fused-ring (bicyclic) bond motifs is 1. The lowest BCUT2D eigenvalue weighted by Crippen LogP contribution is -2.42. The molecule has 166 valence electrons. The number of nitrogens with zero attached hydrogens (tertiary/aromatic N) is 1. The van der Waals surface area contributed by atoms with E-state index in [1.54, 1.807) is 6.07 Å². The summed E-state index contributed by atoms with van der Waals surface area (Å²) in [7, 11) is 0. The van der Waals surface area contributed by atoms with Crippen LogP contribution in [0, 0.1) is 5.41 Å². The maximum Gasteiger partial charge on any atom is 0.279 e. The van der Waals surface area contributed by atoms with Gasteiger partial charge in [-0.3, -0.25) is 9.59 Å². The van der Waals surface area contributed by atoms with Crippen LogP contribution in [0.15, 0.2) is 36.4 Å². The predicted octanol–water partition coefficient (Wildman–Crippen LogP) is 6.12. The SMILES string of the molecule is CCc1ccc(Oc2nc3cc(Cl)ccc3s2)cc1C1C(=O)CC2(CCOCC2)CC1=O. The molecule has 1 saturated heterocycles. The zero-order valence-corrected chi connectivity index (χ0v) is 19.4. The number of Topliss-reactive ketones (excluding diaryl/α,β-unsaturated/α-hetero) is 2. The lowest BCUT2D eigenvalue weighted by molar-refractivity contribution is -0.139. The second kappa shape index (κ2) is 8.58. The van der Waals surface area contributed by atoms with E-state index in [4.69, 9.17) is 21.1 Å². The van der Waals surface area contributed by atoms with Gasteiger partial charge in [-0.1, -0.05) is 35.9 Å². The minimum Gasteiger partial charge on any atom is -0.431 e. The third-order valence-corrected chi connectivity index (χ3v) is 7.79. The minimum atomic E-state index is -0.712. The second-order valence-electron chi connectivity index (χ2n) is 8.74. The molecule has 1 saturated carbocycles. The van der Waals surface area contributed by atoms with Crippen molar-refractivity contribution >= 4 is 44.7 Å². The summed E-state index contributed by atoms with van der Waals surface area (Å²) >= 11 is 7.49. The molecule has 0 radical (unpaired) electrons. The van der Waals surface area contributed by atoms with E-state index in [9.17, 15) is 9.59 Å². The molecule has 5 rings (SSSR count). The van der Waals surface area contributed by atoms with Crippen LogP contribution in [0.1, 0.15) is 49.7 Å². The zero-order valence-electron chi connectivity index (χ0n) is 17.9. The zero-order chi connectivity index (χ0) is 22.3. The Morgan fingerprint density at radius 1 is 1.12 bits per heavy atom. The molecule has 1 spiro atoms. The van der Waals surface area contributed by atoms with Crippen LogP contribution in [0.25, 0.3) is 10.2 Å². The van der Waals surface area contributed by atoms with Crippen molar-refractivity contribution in [1.82, 2.24) is 4.98 Å². The number of aryl methyl sites for hydroxylation is 1. The molecule has 7 heteroatoms. The maximum atomic E-state index is 13.2. The lowest BCUT2D eigenvalue weighted by atomic mass is 9.63. The summed E-state index contributed by atoms with van der Waals surface area (Å²) in [5, 5.41) is 1.13. The average molecular weight is 470 g/mol. The van der Waals surface area contributed by atoms with Gasteiger partial charge in [0.25, 0.3) is 5.19 Å². The Morgan fingerprint density at radius 2 is 1.88 bits per heavy atom. The first-order chi connectivity index (χ1) is 15.5. The summed E-state index contributed by atoms with van der Waals surface area (Å²) in [6.45, 7) is 3.29. The molecule has 2 aliphatic rings. The van der Waals surface area contributed by atoms with Gasteiger partial charge < -0.3 is 9.47 Å². The standard InChI is InChI=1S/C25H24ClNO4S/c1-2-15-3-5-17(31-24-27-19-11-16(26)4-6-22(19)32-24)12-18(15)23-20(28)13-25(14-21(23)29)7-9-30-10-8-25/h3-6,11-12,23H,2,7-10,13-14H2,1H3. The third kappa shape index (κ3) is 4.07. The van der Waals surface area contributed by atoms with Gasteiger partial charge in [0.05, 0.1) is 10.2 Å². The first-order valence-corrected chi connectivity index (χ1v) is 12.2. The van der Waals surface area contributed by atoms with E-state index in [1.165, 1.54) is 11.3 Å². The van der Waals surface area contributed by atoms with E-state index in [2.05, 4.69) is 4.98 Å². The van der Waals surface area contributed by atoms with Gasteiger partial charge >= 0.3 is 0 Å². The highest BCUT2D eigenvalue weighted by Crippen LogP contribution is 2.46. The monoisotopic (exact) mass is 469 g/mol. The fourth-order valence-corrected chi connectivity index (χ4v) is 5.92. The van der Waals surface area contributed by atoms with Gasteiger partial charge in [-0.2, -0.15) is 0 Å². The second-order valence-corrected chi connectivity index (χ2v) is 10.2. The van der Waals surface area contributed by atoms with Crippen molar-refractivity contribution in [3.63, 3.8) is 0 Å². The number of ketones is 2. The fourth-order valence-electron chi connectivity index (χ4n) is 4.94. The van der Waals surface area contributed by atoms with Gasteiger partial charge in [-0.15, -0.1) is 0 Å². The number of benzene rings is 2. The molecule has 1 aliphatic heterocycles. The Labute approximate surface area is 195 Å². The molecule has 32 heavy (non-hydrogen) atoms. The van der Waals surface area contributed by atoms with Crippen LogP contribution < -0.4 is 4.74 Å². The van der Waals surface area contributed by atoms with Gasteiger partial charge in [0.15, 0.2) is 0 Å². The van der Waals surface area contributed by atoms with Crippen LogP contribution in [0.3, 0.4) is 0 Å². The van der Waals surface area contributed by atoms with E-state index >= 15 is 0 Å². The summed E-state index contributed by atoms with van der Waals surface area (Å²) in [5.41, 5.74) is 2.34. The largest absolute Gasteiger partial charge is 0.431 e. The normalized spacial score (nSPS) is 19.1. The number of carbonyl (C=O) groups is 2. The van der Waals surface area contributed by atoms with E-state index in [1.807, 2.05) is 37.3 Å². The van der Waals surface area contributed by atoms with Crippen molar-refractivity contribution in [2.45, 2.75) is 44.9 Å². The molecule has 2 fully saturated rings. The first-order valence-electron chi connectivity index (χ1n) is 11.0. The molecule has 5 nitrogen and oxygen atoms in total. The molecule has 1 aromatic heterocycles. The Balaban J connectivity index is 1.44. The minimum absolute atomic E-state index is 0.0182. The van der Waals surface area contributed by atoms with E-state index < -0.39 is 5.92 Å². The summed E-state index contributed by atoms with van der Waals surface area (Å²) in [4.78, 5) is 31.0. The van der Waals surface area contributed by atoms with Crippen molar-refractivity contribution in [2.75, 3.05) is 13.2 Å². The van der Waals surface area contributed by atoms with Crippen LogP contribution >= 0.6 is 22.9 Å². The summed E-state index contributed by atoms with van der Waals surface area (Å²) in [6, 6.07) is 11.2. The van der Waals surface area contributed by atoms with Crippen LogP contribution in [0.4, 0.5) is 0 Å². The lowest BCUT2D eigenvalue weighted by Gasteiger charge is -2.41. The number of carbonyl (C=O) groups excluding carboxylic acids is 2. The highest BCUT2D eigenvalue weighted by molar-refractivity contribution is 7.20. The number of aromatic nitrogens is 1. The number of hydrogen-bond acceptors (Lipinski definition) is 6. The number of halogens is 1. The molecule has 0 N–H and O–H groups in total. The van der Waals surface area contributed by atoms with Crippen LogP contribution in [-0.4, -0.2) is 29.8 Å². The van der Waals surface area contributed by atoms with Crippen molar-refractivity contribution < 1.29 is 19.1 Å². The summed E-state index contributed by atoms with van der Waals surface area (Å²) in [6.07, 6.45) is 3.19. The van der Waals surface area contributed by atoms with Gasteiger partial charge in [-0.05, 0) is 66.1 Å². The first kappa shape index (κ1) is 21.6. The molecule has 3 aromatic rings. The number of rotatable bonds is 4. The molecule has 0 bridgehead atoms. The van der Waals surface area contributed by atoms with E-state index in [0.717, 1.165) is 40.6 Å². The molecule has 2 aromatic carbocycles. The Bertz CT molecular complexity index is 1180. The number of ether oxygens (including phenoxy) is 2. The number of hydrogen-bond donors (Lipinski definition) is 0. The van der Waals surface area contributed by atoms with Crippen LogP contribution in [0.5, 0.6) is 10.9 Å². The van der Waals surface area contributed by atoms with Crippen molar-refractivity contribution in [3.05, 3.63) is 52.5 Å². The molecule has 0 amide bonds. The Kier molecular flexibility index (Phi) is 5.78. The predicted molar refractivity (Wildman–Crippen MR) is 125 cm³/mol. The van der Waals surface area contributed by atoms with Gasteiger partial charge in [-0.25, -0.2) is 4.98 Å². The van der Waals surface area contributed by atoms with Crippen molar-refractivity contribution in [2.24, 2.45) is 5.41 Å². The smallest absolute Gasteiger partial charge is 0.279 e.